The maximum atomic E-state index is 14.5. The molecule has 0 aromatic carbocycles. The van der Waals surface area contributed by atoms with Crippen LogP contribution in [-0.2, 0) is 49.3 Å². The molecule has 15 heteroatoms. The summed E-state index contributed by atoms with van der Waals surface area (Å²) in [7, 11) is 6.82. The fraction of sp³-hybridized carbons (Fsp3) is 0.812. The van der Waals surface area contributed by atoms with Gasteiger partial charge >= 0.3 is 0 Å². The molecule has 0 unspecified atom stereocenters. The lowest BCUT2D eigenvalue weighted by atomic mass is 9.89. The van der Waals surface area contributed by atoms with Crippen LogP contribution in [0.3, 0.4) is 0 Å². The van der Waals surface area contributed by atoms with E-state index >= 15 is 0 Å². The van der Waals surface area contributed by atoms with E-state index in [-0.39, 0.29) is 53.8 Å². The summed E-state index contributed by atoms with van der Waals surface area (Å²) in [5.74, 6) is -0.872. The van der Waals surface area contributed by atoms with E-state index in [2.05, 4.69) is 43.3 Å². The van der Waals surface area contributed by atoms with Gasteiger partial charge in [0.2, 0.25) is 23.6 Å². The number of nitrogens with zero attached hydrogens (tertiary/aromatic N) is 4. The molecule has 0 spiro atoms. The molecule has 15 nitrogen and oxygen atoms in total. The van der Waals surface area contributed by atoms with Crippen molar-refractivity contribution in [1.29, 1.82) is 0 Å². The predicted octanol–water partition coefficient (Wildman–Crippen LogP) is 4.85. The Bertz CT molecular complexity index is 1450. The van der Waals surface area contributed by atoms with Gasteiger partial charge < -0.3 is 44.1 Å². The van der Waals surface area contributed by atoms with E-state index in [9.17, 15) is 19.2 Å². The van der Waals surface area contributed by atoms with E-state index in [1.807, 2.05) is 69.7 Å². The van der Waals surface area contributed by atoms with E-state index in [1.165, 1.54) is 0 Å². The van der Waals surface area contributed by atoms with E-state index < -0.39 is 36.3 Å². The minimum Gasteiger partial charge on any atom is -0.379 e. The van der Waals surface area contributed by atoms with Crippen molar-refractivity contribution in [3.63, 3.8) is 0 Å². The predicted molar refractivity (Wildman–Crippen MR) is 247 cm³/mol. The zero-order chi connectivity index (χ0) is 47.1. The van der Waals surface area contributed by atoms with Crippen LogP contribution in [0.5, 0.6) is 0 Å². The first kappa shape index (κ1) is 55.9. The topological polar surface area (TPSA) is 161 Å². The van der Waals surface area contributed by atoms with Gasteiger partial charge in [0.05, 0.1) is 75.7 Å². The number of carbonyl (C=O) groups is 4. The van der Waals surface area contributed by atoms with Crippen LogP contribution < -0.4 is 10.6 Å². The highest BCUT2D eigenvalue weighted by Crippen LogP contribution is 2.30. The first-order valence-electron chi connectivity index (χ1n) is 23.5. The molecule has 1 fully saturated rings. The Balaban J connectivity index is 2.07. The Labute approximate surface area is 380 Å². The molecule has 0 bridgehead atoms. The summed E-state index contributed by atoms with van der Waals surface area (Å²) in [6, 6.07) is 3.66. The molecule has 8 atom stereocenters. The fourth-order valence-electron chi connectivity index (χ4n) is 8.52. The van der Waals surface area contributed by atoms with Crippen molar-refractivity contribution < 1.29 is 42.9 Å². The number of pyridine rings is 1. The first-order chi connectivity index (χ1) is 30.0. The minimum atomic E-state index is -0.804. The number of methoxy groups -OCH3 is 2. The second-order valence-corrected chi connectivity index (χ2v) is 18.4. The Morgan fingerprint density at radius 1 is 0.857 bits per heavy atom. The van der Waals surface area contributed by atoms with Crippen LogP contribution >= 0.6 is 0 Å². The van der Waals surface area contributed by atoms with Gasteiger partial charge in [0, 0.05) is 65.8 Å². The molecule has 1 aromatic heterocycles. The quantitative estimate of drug-likeness (QED) is 0.0953. The first-order valence-corrected chi connectivity index (χ1v) is 23.5. The number of ether oxygens (including phenoxy) is 5. The molecule has 1 saturated heterocycles. The minimum absolute atomic E-state index is 0.0286. The van der Waals surface area contributed by atoms with Crippen molar-refractivity contribution in [2.75, 3.05) is 87.6 Å². The lowest BCUT2D eigenvalue weighted by Gasteiger charge is -2.41. The summed E-state index contributed by atoms with van der Waals surface area (Å²) in [4.78, 5) is 66.0. The third-order valence-corrected chi connectivity index (χ3v) is 12.4. The van der Waals surface area contributed by atoms with E-state index in [1.54, 1.807) is 32.4 Å². The van der Waals surface area contributed by atoms with E-state index in [4.69, 9.17) is 23.7 Å². The van der Waals surface area contributed by atoms with Gasteiger partial charge in [-0.25, -0.2) is 0 Å². The van der Waals surface area contributed by atoms with Crippen molar-refractivity contribution in [3.05, 3.63) is 30.1 Å². The molecule has 0 aliphatic carbocycles. The van der Waals surface area contributed by atoms with Gasteiger partial charge in [-0.15, -0.1) is 0 Å². The molecule has 1 aliphatic rings. The van der Waals surface area contributed by atoms with Crippen molar-refractivity contribution in [1.82, 2.24) is 30.3 Å². The van der Waals surface area contributed by atoms with Gasteiger partial charge in [-0.3, -0.25) is 29.1 Å². The number of carbonyl (C=O) groups excluding carboxylic acids is 4. The number of aromatic nitrogens is 1. The van der Waals surface area contributed by atoms with Gasteiger partial charge in [-0.1, -0.05) is 74.8 Å². The SMILES string of the molecule is CC[C@H](C)[C@@H]([C@@H](CC(=O)N1CCC[C@H]1[C@H](OC)[C@@H](C)C(=O)NCCc1ccccn1)OC)N(C)C(=O)[C@@H](NC(=O)[C@H](C(C)C)N(C)CCOCCOCCOCCC(C)C)C(C)C. The van der Waals surface area contributed by atoms with Gasteiger partial charge in [0.15, 0.2) is 0 Å². The summed E-state index contributed by atoms with van der Waals surface area (Å²) in [5.41, 5.74) is 0.898. The van der Waals surface area contributed by atoms with Crippen LogP contribution in [0, 0.1) is 29.6 Å². The molecule has 1 aliphatic heterocycles. The average molecular weight is 891 g/mol. The van der Waals surface area contributed by atoms with Crippen LogP contribution in [0.1, 0.15) is 100 Å². The molecule has 0 radical (unpaired) electrons. The number of nitrogens with one attached hydrogen (secondary N) is 2. The monoisotopic (exact) mass is 891 g/mol. The zero-order valence-corrected chi connectivity index (χ0v) is 41.2. The Hall–Kier alpha value is -3.21. The van der Waals surface area contributed by atoms with Crippen LogP contribution in [0.25, 0.3) is 0 Å². The van der Waals surface area contributed by atoms with Crippen molar-refractivity contribution in [2.24, 2.45) is 29.6 Å². The smallest absolute Gasteiger partial charge is 0.245 e. The highest BCUT2D eigenvalue weighted by atomic mass is 16.5. The second kappa shape index (κ2) is 30.1. The molecular formula is C48H86N6O9. The van der Waals surface area contributed by atoms with Crippen molar-refractivity contribution in [2.45, 2.75) is 137 Å². The number of hydrogen-bond acceptors (Lipinski definition) is 11. The molecule has 4 amide bonds. The van der Waals surface area contributed by atoms with Crippen LogP contribution in [0.15, 0.2) is 24.4 Å². The molecule has 1 aromatic rings. The Morgan fingerprint density at radius 2 is 1.51 bits per heavy atom. The normalized spacial score (nSPS) is 17.7. The van der Waals surface area contributed by atoms with E-state index in [0.717, 1.165) is 31.6 Å². The molecule has 2 N–H and O–H groups in total. The average Bonchev–Trinajstić information content (AvgIpc) is 3.74. The van der Waals surface area contributed by atoms with Gasteiger partial charge in [0.25, 0.3) is 0 Å². The number of rotatable bonds is 32. The number of hydrogen-bond donors (Lipinski definition) is 2. The van der Waals surface area contributed by atoms with Gasteiger partial charge in [0.1, 0.15) is 6.04 Å². The Morgan fingerprint density at radius 3 is 2.06 bits per heavy atom. The lowest BCUT2D eigenvalue weighted by Crippen LogP contribution is -2.60. The Kier molecular flexibility index (Phi) is 26.7. The van der Waals surface area contributed by atoms with Gasteiger partial charge in [-0.2, -0.15) is 0 Å². The van der Waals surface area contributed by atoms with Crippen molar-refractivity contribution in [3.8, 4) is 0 Å². The molecule has 362 valence electrons. The van der Waals surface area contributed by atoms with Crippen LogP contribution in [0.4, 0.5) is 0 Å². The maximum absolute atomic E-state index is 14.5. The fourth-order valence-corrected chi connectivity index (χ4v) is 8.52. The maximum Gasteiger partial charge on any atom is 0.245 e. The molecule has 2 rings (SSSR count). The summed E-state index contributed by atoms with van der Waals surface area (Å²) < 4.78 is 29.1. The highest BCUT2D eigenvalue weighted by molar-refractivity contribution is 5.90. The zero-order valence-electron chi connectivity index (χ0n) is 41.2. The van der Waals surface area contributed by atoms with Gasteiger partial charge in [-0.05, 0) is 62.1 Å². The van der Waals surface area contributed by atoms with Crippen molar-refractivity contribution >= 4 is 23.6 Å². The van der Waals surface area contributed by atoms with Crippen LogP contribution in [0.2, 0.25) is 0 Å². The summed E-state index contributed by atoms with van der Waals surface area (Å²) in [6.45, 7) is 22.8. The highest BCUT2D eigenvalue weighted by Gasteiger charge is 2.43. The summed E-state index contributed by atoms with van der Waals surface area (Å²) >= 11 is 0. The largest absolute Gasteiger partial charge is 0.379 e. The summed E-state index contributed by atoms with van der Waals surface area (Å²) in [6.07, 6.45) is 4.53. The lowest BCUT2D eigenvalue weighted by molar-refractivity contribution is -0.148. The molecule has 2 heterocycles. The van der Waals surface area contributed by atoms with Crippen LogP contribution in [-0.4, -0.2) is 167 Å². The third-order valence-electron chi connectivity index (χ3n) is 12.4. The van der Waals surface area contributed by atoms with E-state index in [0.29, 0.717) is 71.4 Å². The molecular weight excluding hydrogens is 805 g/mol. The number of likely N-dealkylation sites (tertiary alicyclic amines) is 1. The second-order valence-electron chi connectivity index (χ2n) is 18.4. The molecule has 0 saturated carbocycles. The third kappa shape index (κ3) is 18.7. The summed E-state index contributed by atoms with van der Waals surface area (Å²) in [5, 5.41) is 6.13. The molecule has 63 heavy (non-hydrogen) atoms. The number of likely N-dealkylation sites (N-methyl/N-ethyl adjacent to an activating group) is 2. The standard InChI is InChI=1S/C48H86N6O9/c1-14-36(8)44(40(59-12)32-41(55)54-24-17-19-39(54)45(60-13)37(9)46(56)50-23-20-38-18-15-16-22-49-38)53(11)48(58)42(34(4)5)51-47(57)43(35(6)7)52(10)25-27-62-29-31-63-30-28-61-26-21-33(2)3/h15-16,18,22,33-37,39-40,42-45H,14,17,19-21,23-32H2,1-13H3,(H,50,56)(H,51,57)/t36-,37+,39-,40+,42-,43-,44-,45+/m0/s1. The number of amides is 4.